The number of nitrogens with one attached hydrogen (secondary N) is 2. The van der Waals surface area contributed by atoms with Crippen LogP contribution in [0.3, 0.4) is 0 Å². The second-order valence-electron chi connectivity index (χ2n) is 4.34. The minimum atomic E-state index is -0.710. The number of hydrazine groups is 1. The molecule has 106 valence electrons. The monoisotopic (exact) mass is 295 g/mol. The van der Waals surface area contributed by atoms with Gasteiger partial charge in [0.1, 0.15) is 6.04 Å². The molecule has 1 aliphatic heterocycles. The first-order chi connectivity index (χ1) is 9.52. The van der Waals surface area contributed by atoms with Gasteiger partial charge < -0.3 is 0 Å². The van der Waals surface area contributed by atoms with Crippen molar-refractivity contribution in [1.29, 1.82) is 0 Å². The van der Waals surface area contributed by atoms with Gasteiger partial charge in [0.2, 0.25) is 11.8 Å². The quantitative estimate of drug-likeness (QED) is 0.634. The Labute approximate surface area is 121 Å². The van der Waals surface area contributed by atoms with Crippen LogP contribution in [0.1, 0.15) is 23.7 Å². The lowest BCUT2D eigenvalue weighted by Crippen LogP contribution is -2.48. The minimum absolute atomic E-state index is 0.0492. The molecule has 7 heteroatoms. The molecular formula is C13H14ClN3O3. The largest absolute Gasteiger partial charge is 0.287 e. The van der Waals surface area contributed by atoms with Crippen LogP contribution >= 0.6 is 11.6 Å². The third kappa shape index (κ3) is 2.97. The number of likely N-dealkylation sites (N-methyl/N-ethyl adjacent to an activating group) is 1. The van der Waals surface area contributed by atoms with Crippen molar-refractivity contribution < 1.29 is 14.4 Å². The summed E-state index contributed by atoms with van der Waals surface area (Å²) in [6.45, 7) is 2.06. The fourth-order valence-corrected chi connectivity index (χ4v) is 2.08. The van der Waals surface area contributed by atoms with Crippen molar-refractivity contribution in [3.8, 4) is 0 Å². The van der Waals surface area contributed by atoms with E-state index >= 15 is 0 Å². The summed E-state index contributed by atoms with van der Waals surface area (Å²) < 4.78 is 0. The van der Waals surface area contributed by atoms with Crippen LogP contribution < -0.4 is 10.9 Å². The van der Waals surface area contributed by atoms with Crippen molar-refractivity contribution in [2.45, 2.75) is 19.4 Å². The van der Waals surface area contributed by atoms with Gasteiger partial charge in [-0.3, -0.25) is 24.7 Å². The zero-order valence-corrected chi connectivity index (χ0v) is 11.6. The Balaban J connectivity index is 1.93. The van der Waals surface area contributed by atoms with Gasteiger partial charge in [0.25, 0.3) is 5.91 Å². The topological polar surface area (TPSA) is 78.5 Å². The lowest BCUT2D eigenvalue weighted by Gasteiger charge is -2.13. The molecule has 1 saturated heterocycles. The van der Waals surface area contributed by atoms with Gasteiger partial charge in [-0.1, -0.05) is 11.6 Å². The lowest BCUT2D eigenvalue weighted by atomic mass is 10.2. The zero-order valence-electron chi connectivity index (χ0n) is 10.9. The van der Waals surface area contributed by atoms with Crippen LogP contribution in [0.15, 0.2) is 24.3 Å². The third-order valence-electron chi connectivity index (χ3n) is 3.03. The van der Waals surface area contributed by atoms with Crippen LogP contribution in [0.4, 0.5) is 0 Å². The highest BCUT2D eigenvalue weighted by atomic mass is 35.5. The molecule has 3 amide bonds. The molecule has 1 heterocycles. The number of amides is 3. The number of nitrogens with zero attached hydrogens (tertiary/aromatic N) is 1. The van der Waals surface area contributed by atoms with Gasteiger partial charge in [-0.05, 0) is 31.2 Å². The van der Waals surface area contributed by atoms with Gasteiger partial charge in [0.05, 0.1) is 6.42 Å². The summed E-state index contributed by atoms with van der Waals surface area (Å²) in [6.07, 6.45) is 0.0492. The molecule has 2 N–H and O–H groups in total. The number of benzene rings is 1. The van der Waals surface area contributed by atoms with E-state index in [0.29, 0.717) is 17.1 Å². The van der Waals surface area contributed by atoms with E-state index in [9.17, 15) is 14.4 Å². The second-order valence-corrected chi connectivity index (χ2v) is 4.77. The molecule has 0 spiro atoms. The van der Waals surface area contributed by atoms with Crippen molar-refractivity contribution in [2.24, 2.45) is 0 Å². The molecule has 0 aliphatic carbocycles. The van der Waals surface area contributed by atoms with Crippen LogP contribution in [0.5, 0.6) is 0 Å². The van der Waals surface area contributed by atoms with Crippen LogP contribution in [-0.2, 0) is 9.59 Å². The molecule has 0 radical (unpaired) electrons. The number of likely N-dealkylation sites (tertiary alicyclic amines) is 1. The van der Waals surface area contributed by atoms with Gasteiger partial charge in [-0.25, -0.2) is 5.43 Å². The molecule has 1 aromatic rings. The summed E-state index contributed by atoms with van der Waals surface area (Å²) in [4.78, 5) is 36.3. The Morgan fingerprint density at radius 1 is 1.35 bits per heavy atom. The predicted molar refractivity (Wildman–Crippen MR) is 72.9 cm³/mol. The summed E-state index contributed by atoms with van der Waals surface area (Å²) in [5.41, 5.74) is 5.43. The molecule has 2 rings (SSSR count). The Bertz CT molecular complexity index is 544. The lowest BCUT2D eigenvalue weighted by molar-refractivity contribution is -0.138. The Morgan fingerprint density at radius 3 is 2.55 bits per heavy atom. The van der Waals surface area contributed by atoms with Crippen molar-refractivity contribution in [2.75, 3.05) is 6.54 Å². The summed E-state index contributed by atoms with van der Waals surface area (Å²) in [5.74, 6) is -0.957. The molecule has 20 heavy (non-hydrogen) atoms. The fraction of sp³-hybridized carbons (Fsp3) is 0.308. The number of hydrogen-bond acceptors (Lipinski definition) is 4. The van der Waals surface area contributed by atoms with Gasteiger partial charge in [0, 0.05) is 17.1 Å². The zero-order chi connectivity index (χ0) is 14.7. The molecular weight excluding hydrogens is 282 g/mol. The van der Waals surface area contributed by atoms with Gasteiger partial charge in [-0.2, -0.15) is 0 Å². The summed E-state index contributed by atoms with van der Waals surface area (Å²) >= 11 is 5.73. The summed E-state index contributed by atoms with van der Waals surface area (Å²) in [5, 5.41) is 0.532. The Hall–Kier alpha value is -1.92. The average molecular weight is 296 g/mol. The van der Waals surface area contributed by atoms with E-state index in [1.807, 2.05) is 0 Å². The van der Waals surface area contributed by atoms with Crippen molar-refractivity contribution in [3.63, 3.8) is 0 Å². The Morgan fingerprint density at radius 2 is 2.00 bits per heavy atom. The van der Waals surface area contributed by atoms with Crippen molar-refractivity contribution in [3.05, 3.63) is 34.9 Å². The minimum Gasteiger partial charge on any atom is -0.287 e. The van der Waals surface area contributed by atoms with E-state index < -0.39 is 11.9 Å². The maximum absolute atomic E-state index is 11.8. The number of carbonyl (C=O) groups excluding carboxylic acids is 3. The number of hydrogen-bond donors (Lipinski definition) is 2. The molecule has 6 nitrogen and oxygen atoms in total. The summed E-state index contributed by atoms with van der Waals surface area (Å²) in [6, 6.07) is 5.62. The van der Waals surface area contributed by atoms with E-state index in [0.717, 1.165) is 4.90 Å². The first-order valence-electron chi connectivity index (χ1n) is 6.18. The summed E-state index contributed by atoms with van der Waals surface area (Å²) in [7, 11) is 0. The fourth-order valence-electron chi connectivity index (χ4n) is 1.95. The van der Waals surface area contributed by atoms with E-state index in [-0.39, 0.29) is 18.2 Å². The van der Waals surface area contributed by atoms with E-state index in [4.69, 9.17) is 11.6 Å². The molecule has 0 aromatic heterocycles. The number of rotatable bonds is 4. The Kier molecular flexibility index (Phi) is 4.36. The number of halogens is 1. The van der Waals surface area contributed by atoms with Gasteiger partial charge in [0.15, 0.2) is 0 Å². The van der Waals surface area contributed by atoms with E-state index in [2.05, 4.69) is 10.9 Å². The number of imide groups is 1. The molecule has 0 bridgehead atoms. The SMILES string of the molecule is CCN1C(=O)C[C@H](NNC(=O)c2ccc(Cl)cc2)C1=O. The standard InChI is InChI=1S/C13H14ClN3O3/c1-2-17-11(18)7-10(13(17)20)15-16-12(19)8-3-5-9(14)6-4-8/h3-6,10,15H,2,7H2,1H3,(H,16,19)/t10-/m0/s1. The maximum Gasteiger partial charge on any atom is 0.265 e. The second kappa shape index (κ2) is 6.02. The smallest absolute Gasteiger partial charge is 0.265 e. The average Bonchev–Trinajstić information content (AvgIpc) is 2.71. The highest BCUT2D eigenvalue weighted by molar-refractivity contribution is 6.30. The van der Waals surface area contributed by atoms with E-state index in [1.54, 1.807) is 31.2 Å². The highest BCUT2D eigenvalue weighted by Crippen LogP contribution is 2.12. The third-order valence-corrected chi connectivity index (χ3v) is 3.28. The van der Waals surface area contributed by atoms with Gasteiger partial charge in [-0.15, -0.1) is 0 Å². The van der Waals surface area contributed by atoms with Crippen LogP contribution in [-0.4, -0.2) is 35.2 Å². The molecule has 1 fully saturated rings. The molecule has 0 unspecified atom stereocenters. The van der Waals surface area contributed by atoms with Crippen LogP contribution in [0.2, 0.25) is 5.02 Å². The predicted octanol–water partition coefficient (Wildman–Crippen LogP) is 0.722. The molecule has 0 saturated carbocycles. The number of carbonyl (C=O) groups is 3. The highest BCUT2D eigenvalue weighted by Gasteiger charge is 2.37. The van der Waals surface area contributed by atoms with Crippen LogP contribution in [0.25, 0.3) is 0 Å². The van der Waals surface area contributed by atoms with Crippen LogP contribution in [0, 0.1) is 0 Å². The first kappa shape index (κ1) is 14.5. The maximum atomic E-state index is 11.8. The molecule has 1 aliphatic rings. The first-order valence-corrected chi connectivity index (χ1v) is 6.56. The van der Waals surface area contributed by atoms with Crippen molar-refractivity contribution >= 4 is 29.3 Å². The van der Waals surface area contributed by atoms with Gasteiger partial charge >= 0.3 is 0 Å². The van der Waals surface area contributed by atoms with Crippen molar-refractivity contribution in [1.82, 2.24) is 15.8 Å². The molecule has 1 atom stereocenters. The molecule has 1 aromatic carbocycles. The van der Waals surface area contributed by atoms with E-state index in [1.165, 1.54) is 0 Å². The normalized spacial score (nSPS) is 18.5.